The number of hydrogen-bond acceptors (Lipinski definition) is 1. The fourth-order valence-electron chi connectivity index (χ4n) is 1.25. The maximum Gasteiger partial charge on any atom is 0.124 e. The first-order valence-electron chi connectivity index (χ1n) is 3.64. The fraction of sp³-hybridized carbons (Fsp3) is 0. The van der Waals surface area contributed by atoms with Crippen molar-refractivity contribution in [2.75, 3.05) is 0 Å². The molecule has 0 nitrogen and oxygen atoms in total. The molecular weight excluding hydrogens is 171 g/mol. The molecular formula is C10H7FS. The van der Waals surface area contributed by atoms with E-state index in [1.54, 1.807) is 0 Å². The van der Waals surface area contributed by atoms with Crippen molar-refractivity contribution < 1.29 is 4.39 Å². The third-order valence-electron chi connectivity index (χ3n) is 1.80. The maximum absolute atomic E-state index is 12.8. The average Bonchev–Trinajstić information content (AvgIpc) is 2.04. The van der Waals surface area contributed by atoms with Crippen LogP contribution in [0.4, 0.5) is 4.39 Å². The normalized spacial score (nSPS) is 10.5. The van der Waals surface area contributed by atoms with Gasteiger partial charge in [-0.15, -0.1) is 12.6 Å². The molecule has 0 aliphatic carbocycles. The molecule has 0 heterocycles. The molecule has 2 heteroatoms. The minimum Gasteiger partial charge on any atom is -0.207 e. The van der Waals surface area contributed by atoms with E-state index in [-0.39, 0.29) is 5.82 Å². The summed E-state index contributed by atoms with van der Waals surface area (Å²) in [6, 6.07) is 10.5. The topological polar surface area (TPSA) is 0 Å². The highest BCUT2D eigenvalue weighted by Gasteiger charge is 1.98. The molecule has 0 aromatic heterocycles. The van der Waals surface area contributed by atoms with E-state index < -0.39 is 0 Å². The van der Waals surface area contributed by atoms with E-state index in [4.69, 9.17) is 0 Å². The van der Waals surface area contributed by atoms with Gasteiger partial charge in [-0.3, -0.25) is 0 Å². The third-order valence-corrected chi connectivity index (χ3v) is 2.17. The van der Waals surface area contributed by atoms with Crippen molar-refractivity contribution in [3.05, 3.63) is 42.2 Å². The molecule has 12 heavy (non-hydrogen) atoms. The molecule has 0 bridgehead atoms. The zero-order valence-electron chi connectivity index (χ0n) is 6.29. The summed E-state index contributed by atoms with van der Waals surface area (Å²) in [7, 11) is 0. The Hall–Kier alpha value is -1.02. The lowest BCUT2D eigenvalue weighted by Gasteiger charge is -2.00. The van der Waals surface area contributed by atoms with Crippen LogP contribution in [-0.4, -0.2) is 0 Å². The molecule has 2 rings (SSSR count). The summed E-state index contributed by atoms with van der Waals surface area (Å²) in [5.41, 5.74) is 0. The van der Waals surface area contributed by atoms with Crippen molar-refractivity contribution in [1.29, 1.82) is 0 Å². The molecule has 0 spiro atoms. The monoisotopic (exact) mass is 178 g/mol. The lowest BCUT2D eigenvalue weighted by atomic mass is 10.1. The van der Waals surface area contributed by atoms with Crippen molar-refractivity contribution in [3.63, 3.8) is 0 Å². The van der Waals surface area contributed by atoms with Gasteiger partial charge in [-0.25, -0.2) is 4.39 Å². The van der Waals surface area contributed by atoms with Crippen molar-refractivity contribution in [1.82, 2.24) is 0 Å². The quantitative estimate of drug-likeness (QED) is 0.588. The summed E-state index contributed by atoms with van der Waals surface area (Å²) in [6.07, 6.45) is 0. The third kappa shape index (κ3) is 1.18. The smallest absolute Gasteiger partial charge is 0.124 e. The molecule has 0 aliphatic rings. The van der Waals surface area contributed by atoms with Crippen LogP contribution >= 0.6 is 12.6 Å². The van der Waals surface area contributed by atoms with Gasteiger partial charge in [0.05, 0.1) is 0 Å². The molecule has 0 atom stereocenters. The number of benzene rings is 2. The van der Waals surface area contributed by atoms with Gasteiger partial charge in [0.1, 0.15) is 5.82 Å². The van der Waals surface area contributed by atoms with Crippen molar-refractivity contribution in [2.24, 2.45) is 0 Å². The Morgan fingerprint density at radius 3 is 2.67 bits per heavy atom. The molecule has 0 saturated carbocycles. The van der Waals surface area contributed by atoms with Crippen LogP contribution in [0.25, 0.3) is 10.8 Å². The highest BCUT2D eigenvalue weighted by molar-refractivity contribution is 7.80. The first-order chi connectivity index (χ1) is 5.77. The molecule has 0 saturated heterocycles. The Morgan fingerprint density at radius 1 is 1.08 bits per heavy atom. The fourth-order valence-corrected chi connectivity index (χ4v) is 1.58. The summed E-state index contributed by atoms with van der Waals surface area (Å²) in [4.78, 5) is 0.686. The van der Waals surface area contributed by atoms with E-state index in [0.717, 1.165) is 10.8 Å². The van der Waals surface area contributed by atoms with Crippen LogP contribution in [0.15, 0.2) is 41.3 Å². The number of rotatable bonds is 0. The Kier molecular flexibility index (Phi) is 1.77. The lowest BCUT2D eigenvalue weighted by molar-refractivity contribution is 0.627. The molecule has 2 aromatic carbocycles. The van der Waals surface area contributed by atoms with Gasteiger partial charge in [0, 0.05) is 4.90 Å². The minimum absolute atomic E-state index is 0.237. The summed E-state index contributed by atoms with van der Waals surface area (Å²) in [5.74, 6) is -0.237. The van der Waals surface area contributed by atoms with E-state index in [9.17, 15) is 4.39 Å². The average molecular weight is 178 g/mol. The molecule has 0 unspecified atom stereocenters. The molecule has 2 aromatic rings. The predicted octanol–water partition coefficient (Wildman–Crippen LogP) is 3.27. The van der Waals surface area contributed by atoms with E-state index in [2.05, 4.69) is 12.6 Å². The van der Waals surface area contributed by atoms with E-state index in [1.807, 2.05) is 24.3 Å². The minimum atomic E-state index is -0.237. The van der Waals surface area contributed by atoms with Crippen LogP contribution in [0.3, 0.4) is 0 Å². The second-order valence-corrected chi connectivity index (χ2v) is 3.13. The van der Waals surface area contributed by atoms with Gasteiger partial charge >= 0.3 is 0 Å². The highest BCUT2D eigenvalue weighted by atomic mass is 32.1. The van der Waals surface area contributed by atoms with Crippen LogP contribution in [0.1, 0.15) is 0 Å². The highest BCUT2D eigenvalue weighted by Crippen LogP contribution is 2.22. The van der Waals surface area contributed by atoms with E-state index in [1.165, 1.54) is 12.1 Å². The number of fused-ring (bicyclic) bond motifs is 1. The van der Waals surface area contributed by atoms with Gasteiger partial charge in [0.15, 0.2) is 0 Å². The Morgan fingerprint density at radius 2 is 1.83 bits per heavy atom. The van der Waals surface area contributed by atoms with Gasteiger partial charge in [-0.2, -0.15) is 0 Å². The summed E-state index contributed by atoms with van der Waals surface area (Å²) >= 11 is 4.18. The van der Waals surface area contributed by atoms with Crippen molar-refractivity contribution in [2.45, 2.75) is 4.90 Å². The van der Waals surface area contributed by atoms with Gasteiger partial charge in [-0.1, -0.05) is 24.3 Å². The Bertz CT molecular complexity index is 423. The van der Waals surface area contributed by atoms with Crippen LogP contribution in [0, 0.1) is 5.82 Å². The lowest BCUT2D eigenvalue weighted by Crippen LogP contribution is -1.78. The van der Waals surface area contributed by atoms with Crippen molar-refractivity contribution in [3.8, 4) is 0 Å². The summed E-state index contributed by atoms with van der Waals surface area (Å²) in [5, 5.41) is 1.88. The molecule has 0 amide bonds. The molecule has 0 radical (unpaired) electrons. The van der Waals surface area contributed by atoms with Gasteiger partial charge in [0.25, 0.3) is 0 Å². The van der Waals surface area contributed by atoms with Crippen LogP contribution < -0.4 is 0 Å². The molecule has 0 N–H and O–H groups in total. The first-order valence-corrected chi connectivity index (χ1v) is 4.09. The van der Waals surface area contributed by atoms with E-state index >= 15 is 0 Å². The van der Waals surface area contributed by atoms with Crippen LogP contribution in [-0.2, 0) is 0 Å². The number of thiol groups is 1. The standard InChI is InChI=1S/C10H7FS/c11-8-5-7-3-1-2-4-9(7)10(12)6-8/h1-6,12H. The number of hydrogen-bond donors (Lipinski definition) is 1. The van der Waals surface area contributed by atoms with Gasteiger partial charge in [-0.05, 0) is 22.9 Å². The van der Waals surface area contributed by atoms with E-state index in [0.29, 0.717) is 4.90 Å². The summed E-state index contributed by atoms with van der Waals surface area (Å²) in [6.45, 7) is 0. The van der Waals surface area contributed by atoms with Gasteiger partial charge < -0.3 is 0 Å². The van der Waals surface area contributed by atoms with Crippen LogP contribution in [0.2, 0.25) is 0 Å². The van der Waals surface area contributed by atoms with Gasteiger partial charge in [0.2, 0.25) is 0 Å². The maximum atomic E-state index is 12.8. The Labute approximate surface area is 75.4 Å². The zero-order valence-corrected chi connectivity index (χ0v) is 7.18. The van der Waals surface area contributed by atoms with Crippen LogP contribution in [0.5, 0.6) is 0 Å². The number of halogens is 1. The largest absolute Gasteiger partial charge is 0.207 e. The predicted molar refractivity (Wildman–Crippen MR) is 51.2 cm³/mol. The molecule has 60 valence electrons. The SMILES string of the molecule is Fc1cc(S)c2ccccc2c1. The zero-order chi connectivity index (χ0) is 8.55. The molecule has 0 fully saturated rings. The Balaban J connectivity index is 2.89. The first kappa shape index (κ1) is 7.62. The molecule has 0 aliphatic heterocycles. The second kappa shape index (κ2) is 2.79. The second-order valence-electron chi connectivity index (χ2n) is 2.65. The summed E-state index contributed by atoms with van der Waals surface area (Å²) < 4.78 is 12.8. The van der Waals surface area contributed by atoms with Crippen molar-refractivity contribution >= 4 is 23.4 Å².